The number of carbonyl (C=O) groups is 1. The molecule has 27 heavy (non-hydrogen) atoms. The second kappa shape index (κ2) is 9.08. The van der Waals surface area contributed by atoms with Crippen molar-refractivity contribution >= 4 is 17.1 Å². The van der Waals surface area contributed by atoms with Crippen molar-refractivity contribution in [1.82, 2.24) is 0 Å². The lowest BCUT2D eigenvalue weighted by Gasteiger charge is -2.16. The summed E-state index contributed by atoms with van der Waals surface area (Å²) in [5.74, 6) is 2.17. The Kier molecular flexibility index (Phi) is 6.31. The molecule has 4 heteroatoms. The molecule has 0 atom stereocenters. The van der Waals surface area contributed by atoms with Crippen molar-refractivity contribution in [3.63, 3.8) is 0 Å². The molecule has 0 aromatic heterocycles. The highest BCUT2D eigenvalue weighted by atomic mass is 16.5. The molecule has 0 aliphatic heterocycles. The summed E-state index contributed by atoms with van der Waals surface area (Å²) < 4.78 is 17.5. The maximum Gasteiger partial charge on any atom is 0.204 e. The summed E-state index contributed by atoms with van der Waals surface area (Å²) in [6, 6.07) is 17.3. The Morgan fingerprint density at radius 3 is 2.44 bits per heavy atom. The van der Waals surface area contributed by atoms with Crippen molar-refractivity contribution in [3.05, 3.63) is 60.2 Å². The average Bonchev–Trinajstić information content (AvgIpc) is 2.71. The zero-order valence-corrected chi connectivity index (χ0v) is 15.7. The Morgan fingerprint density at radius 1 is 0.926 bits per heavy atom. The lowest BCUT2D eigenvalue weighted by molar-refractivity contribution is 0.112. The number of rotatable bonds is 9. The van der Waals surface area contributed by atoms with Crippen LogP contribution in [0.15, 0.2) is 54.6 Å². The van der Waals surface area contributed by atoms with Crippen LogP contribution in [0.25, 0.3) is 10.8 Å². The molecule has 0 aliphatic rings. The van der Waals surface area contributed by atoms with Gasteiger partial charge in [0, 0.05) is 5.56 Å². The fourth-order valence-corrected chi connectivity index (χ4v) is 2.92. The van der Waals surface area contributed by atoms with E-state index in [9.17, 15) is 4.79 Å². The number of ether oxygens (including phenoxy) is 3. The maximum atomic E-state index is 11.3. The van der Waals surface area contributed by atoms with E-state index in [-0.39, 0.29) is 0 Å². The van der Waals surface area contributed by atoms with E-state index in [0.717, 1.165) is 36.3 Å². The molecule has 0 fully saturated rings. The summed E-state index contributed by atoms with van der Waals surface area (Å²) in [5, 5.41) is 2.22. The Hall–Kier alpha value is -3.01. The minimum absolute atomic E-state index is 0.475. The highest BCUT2D eigenvalue weighted by Crippen LogP contribution is 2.41. The van der Waals surface area contributed by atoms with Gasteiger partial charge in [-0.2, -0.15) is 0 Å². The number of unbranched alkanes of at least 4 members (excludes halogenated alkanes) is 2. The largest absolute Gasteiger partial charge is 0.493 e. The molecule has 0 saturated heterocycles. The predicted molar refractivity (Wildman–Crippen MR) is 107 cm³/mol. The molecule has 0 bridgehead atoms. The Balaban J connectivity index is 1.93. The second-order valence-electron chi connectivity index (χ2n) is 6.33. The van der Waals surface area contributed by atoms with Crippen LogP contribution in [0.3, 0.4) is 0 Å². The van der Waals surface area contributed by atoms with Crippen LogP contribution < -0.4 is 14.2 Å². The lowest BCUT2D eigenvalue weighted by atomic mass is 10.1. The highest BCUT2D eigenvalue weighted by molar-refractivity contribution is 5.84. The number of aldehydes is 1. The maximum absolute atomic E-state index is 11.3. The second-order valence-corrected chi connectivity index (χ2v) is 6.33. The number of hydrogen-bond acceptors (Lipinski definition) is 4. The summed E-state index contributed by atoms with van der Waals surface area (Å²) in [7, 11) is 1.56. The molecule has 3 rings (SSSR count). The van der Waals surface area contributed by atoms with Crippen LogP contribution in [0.4, 0.5) is 0 Å². The van der Waals surface area contributed by atoms with E-state index >= 15 is 0 Å². The van der Waals surface area contributed by atoms with Crippen LogP contribution in [0.1, 0.15) is 36.5 Å². The molecule has 3 aromatic carbocycles. The third kappa shape index (κ3) is 4.59. The van der Waals surface area contributed by atoms with Crippen LogP contribution in [0.2, 0.25) is 0 Å². The molecule has 0 radical (unpaired) electrons. The molecule has 0 N–H and O–H groups in total. The topological polar surface area (TPSA) is 44.8 Å². The van der Waals surface area contributed by atoms with Crippen LogP contribution in [0, 0.1) is 0 Å². The zero-order valence-electron chi connectivity index (χ0n) is 15.7. The number of benzene rings is 3. The Bertz CT molecular complexity index is 917. The van der Waals surface area contributed by atoms with Crippen molar-refractivity contribution in [3.8, 4) is 23.0 Å². The minimum Gasteiger partial charge on any atom is -0.493 e. The smallest absolute Gasteiger partial charge is 0.204 e. The minimum atomic E-state index is 0.475. The fraction of sp³-hybridized carbons (Fsp3) is 0.261. The van der Waals surface area contributed by atoms with Gasteiger partial charge >= 0.3 is 0 Å². The van der Waals surface area contributed by atoms with Gasteiger partial charge in [-0.15, -0.1) is 0 Å². The standard InChI is InChI=1S/C23H24O4/c1-3-4-7-12-26-23-21(25-2)13-17(16-24)14-22(23)27-20-11-10-18-8-5-6-9-19(18)15-20/h5-6,8-11,13-16H,3-4,7,12H2,1-2H3. The number of fused-ring (bicyclic) bond motifs is 1. The first-order chi connectivity index (χ1) is 13.2. The van der Waals surface area contributed by atoms with Crippen LogP contribution in [-0.4, -0.2) is 20.0 Å². The van der Waals surface area contributed by atoms with E-state index in [1.165, 1.54) is 0 Å². The molecule has 0 spiro atoms. The first-order valence-electron chi connectivity index (χ1n) is 9.21. The van der Waals surface area contributed by atoms with E-state index in [0.29, 0.717) is 35.2 Å². The molecule has 0 saturated carbocycles. The van der Waals surface area contributed by atoms with Crippen LogP contribution >= 0.6 is 0 Å². The Labute approximate surface area is 159 Å². The predicted octanol–water partition coefficient (Wildman–Crippen LogP) is 6.02. The Morgan fingerprint density at radius 2 is 1.70 bits per heavy atom. The molecule has 4 nitrogen and oxygen atoms in total. The lowest BCUT2D eigenvalue weighted by Crippen LogP contribution is -2.02. The van der Waals surface area contributed by atoms with Crippen LogP contribution in [-0.2, 0) is 0 Å². The van der Waals surface area contributed by atoms with Gasteiger partial charge in [-0.05, 0) is 41.5 Å². The third-order valence-corrected chi connectivity index (χ3v) is 4.34. The van der Waals surface area contributed by atoms with Gasteiger partial charge in [-0.1, -0.05) is 50.1 Å². The van der Waals surface area contributed by atoms with Crippen LogP contribution in [0.5, 0.6) is 23.0 Å². The fourth-order valence-electron chi connectivity index (χ4n) is 2.92. The van der Waals surface area contributed by atoms with Crippen molar-refractivity contribution in [2.45, 2.75) is 26.2 Å². The molecule has 0 unspecified atom stereocenters. The van der Waals surface area contributed by atoms with E-state index < -0.39 is 0 Å². The van der Waals surface area contributed by atoms with Crippen molar-refractivity contribution in [1.29, 1.82) is 0 Å². The monoisotopic (exact) mass is 364 g/mol. The van der Waals surface area contributed by atoms with Crippen molar-refractivity contribution in [2.24, 2.45) is 0 Å². The summed E-state index contributed by atoms with van der Waals surface area (Å²) >= 11 is 0. The molecule has 0 heterocycles. The molecule has 140 valence electrons. The van der Waals surface area contributed by atoms with Crippen molar-refractivity contribution in [2.75, 3.05) is 13.7 Å². The quantitative estimate of drug-likeness (QED) is 0.344. The van der Waals surface area contributed by atoms with E-state index in [1.54, 1.807) is 19.2 Å². The van der Waals surface area contributed by atoms with Gasteiger partial charge in [0.15, 0.2) is 11.5 Å². The molecular weight excluding hydrogens is 340 g/mol. The summed E-state index contributed by atoms with van der Waals surface area (Å²) in [5.41, 5.74) is 0.476. The van der Waals surface area contributed by atoms with Gasteiger partial charge in [0.05, 0.1) is 13.7 Å². The van der Waals surface area contributed by atoms with E-state index in [2.05, 4.69) is 13.0 Å². The number of hydrogen-bond donors (Lipinski definition) is 0. The highest BCUT2D eigenvalue weighted by Gasteiger charge is 2.16. The first kappa shape index (κ1) is 18.8. The first-order valence-corrected chi connectivity index (χ1v) is 9.21. The zero-order chi connectivity index (χ0) is 19.1. The summed E-state index contributed by atoms with van der Waals surface area (Å²) in [4.78, 5) is 11.3. The van der Waals surface area contributed by atoms with Gasteiger partial charge < -0.3 is 14.2 Å². The summed E-state index contributed by atoms with van der Waals surface area (Å²) in [6.07, 6.45) is 3.93. The van der Waals surface area contributed by atoms with Gasteiger partial charge in [0.1, 0.15) is 12.0 Å². The van der Waals surface area contributed by atoms with Gasteiger partial charge in [-0.3, -0.25) is 4.79 Å². The molecular formula is C23H24O4. The van der Waals surface area contributed by atoms with E-state index in [4.69, 9.17) is 14.2 Å². The average molecular weight is 364 g/mol. The van der Waals surface area contributed by atoms with E-state index in [1.807, 2.05) is 36.4 Å². The molecule has 0 aliphatic carbocycles. The normalized spacial score (nSPS) is 10.6. The summed E-state index contributed by atoms with van der Waals surface area (Å²) in [6.45, 7) is 2.71. The number of carbonyl (C=O) groups excluding carboxylic acids is 1. The van der Waals surface area contributed by atoms with Gasteiger partial charge in [-0.25, -0.2) is 0 Å². The third-order valence-electron chi connectivity index (χ3n) is 4.34. The SMILES string of the molecule is CCCCCOc1c(OC)cc(C=O)cc1Oc1ccc2ccccc2c1. The molecule has 0 amide bonds. The number of methoxy groups -OCH3 is 1. The molecule has 3 aromatic rings. The van der Waals surface area contributed by atoms with Gasteiger partial charge in [0.25, 0.3) is 0 Å². The van der Waals surface area contributed by atoms with Gasteiger partial charge in [0.2, 0.25) is 5.75 Å². The van der Waals surface area contributed by atoms with Crippen molar-refractivity contribution < 1.29 is 19.0 Å².